The van der Waals surface area contributed by atoms with Gasteiger partial charge in [0.25, 0.3) is 0 Å². The van der Waals surface area contributed by atoms with Crippen LogP contribution in [0.15, 0.2) is 45.6 Å². The van der Waals surface area contributed by atoms with Crippen LogP contribution < -0.4 is 24.4 Å². The summed E-state index contributed by atoms with van der Waals surface area (Å²) in [5, 5.41) is -0.197. The van der Waals surface area contributed by atoms with Crippen molar-refractivity contribution in [3.63, 3.8) is 0 Å². The van der Waals surface area contributed by atoms with E-state index in [1.807, 2.05) is 0 Å². The van der Waals surface area contributed by atoms with Crippen molar-refractivity contribution in [1.82, 2.24) is 0 Å². The zero-order chi connectivity index (χ0) is 24.3. The third-order valence-corrected chi connectivity index (χ3v) is 4.04. The highest BCUT2D eigenvalue weighted by Gasteiger charge is 2.24. The summed E-state index contributed by atoms with van der Waals surface area (Å²) in [6.45, 7) is 4.61. The van der Waals surface area contributed by atoms with Gasteiger partial charge in [-0.2, -0.15) is 0 Å². The second-order valence-corrected chi connectivity index (χ2v) is 6.78. The molecule has 33 heavy (non-hydrogen) atoms. The van der Waals surface area contributed by atoms with Gasteiger partial charge in [-0.1, -0.05) is 0 Å². The van der Waals surface area contributed by atoms with Crippen molar-refractivity contribution < 1.29 is 42.5 Å². The molecule has 2 aromatic carbocycles. The van der Waals surface area contributed by atoms with Gasteiger partial charge in [0, 0.05) is 45.4 Å². The topological polar surface area (TPSA) is 135 Å². The summed E-state index contributed by atoms with van der Waals surface area (Å²) in [7, 11) is 0. The molecule has 0 aliphatic heterocycles. The molecule has 1 aromatic heterocycles. The molecule has 0 unspecified atom stereocenters. The molecule has 0 aliphatic rings. The summed E-state index contributed by atoms with van der Waals surface area (Å²) in [6, 6.07) is 8.31. The first-order valence-electron chi connectivity index (χ1n) is 9.54. The molecular formula is C23H18O10. The molecule has 1 heterocycles. The van der Waals surface area contributed by atoms with E-state index in [1.165, 1.54) is 31.2 Å². The van der Waals surface area contributed by atoms with Gasteiger partial charge in [0.2, 0.25) is 5.75 Å². The minimum Gasteiger partial charge on any atom is -0.452 e. The lowest BCUT2D eigenvalue weighted by Crippen LogP contribution is -2.12. The Kier molecular flexibility index (Phi) is 6.57. The van der Waals surface area contributed by atoms with Crippen molar-refractivity contribution in [3.8, 4) is 34.3 Å². The first kappa shape index (κ1) is 23.2. The fourth-order valence-electron chi connectivity index (χ4n) is 2.96. The number of rotatable bonds is 5. The Morgan fingerprint density at radius 3 is 1.79 bits per heavy atom. The fourth-order valence-corrected chi connectivity index (χ4v) is 2.96. The van der Waals surface area contributed by atoms with Gasteiger partial charge in [-0.25, -0.2) is 0 Å². The molecule has 0 atom stereocenters. The minimum atomic E-state index is -0.774. The van der Waals surface area contributed by atoms with Gasteiger partial charge in [0.05, 0.1) is 0 Å². The van der Waals surface area contributed by atoms with E-state index in [0.29, 0.717) is 5.56 Å². The Morgan fingerprint density at radius 2 is 1.24 bits per heavy atom. The Labute approximate surface area is 186 Å². The number of ether oxygens (including phenoxy) is 4. The molecule has 0 bridgehead atoms. The average molecular weight is 454 g/mol. The van der Waals surface area contributed by atoms with Crippen LogP contribution >= 0.6 is 0 Å². The largest absolute Gasteiger partial charge is 0.452 e. The maximum atomic E-state index is 13.0. The molecule has 10 heteroatoms. The monoisotopic (exact) mass is 454 g/mol. The molecule has 0 saturated heterocycles. The summed E-state index contributed by atoms with van der Waals surface area (Å²) >= 11 is 0. The number of hydrogen-bond acceptors (Lipinski definition) is 10. The first-order valence-corrected chi connectivity index (χ1v) is 9.54. The molecule has 170 valence electrons. The lowest BCUT2D eigenvalue weighted by Gasteiger charge is -2.14. The minimum absolute atomic E-state index is 0.0593. The van der Waals surface area contributed by atoms with Gasteiger partial charge in [-0.15, -0.1) is 0 Å². The molecule has 3 rings (SSSR count). The summed E-state index contributed by atoms with van der Waals surface area (Å²) in [5.41, 5.74) is -0.466. The molecule has 0 amide bonds. The number of esters is 4. The standard InChI is InChI=1S/C23H18O10/c1-11(24)29-16-7-5-15(6-8-16)18-9-17(28)21-19(30-12(2)25)10-20(31-13(3)26)22(23(21)33-18)32-14(4)27/h5-10H,1-4H3. The zero-order valence-electron chi connectivity index (χ0n) is 18.0. The quantitative estimate of drug-likeness (QED) is 0.418. The van der Waals surface area contributed by atoms with Crippen molar-refractivity contribution in [2.45, 2.75) is 27.7 Å². The Bertz CT molecular complexity index is 1330. The molecule has 0 spiro atoms. The first-order chi connectivity index (χ1) is 15.5. The second-order valence-electron chi connectivity index (χ2n) is 6.78. The third kappa shape index (κ3) is 5.42. The van der Waals surface area contributed by atoms with Crippen LogP contribution in [-0.2, 0) is 19.2 Å². The molecule has 0 aliphatic carbocycles. The van der Waals surface area contributed by atoms with Crippen molar-refractivity contribution in [2.24, 2.45) is 0 Å². The third-order valence-electron chi connectivity index (χ3n) is 4.04. The van der Waals surface area contributed by atoms with Gasteiger partial charge in [-0.3, -0.25) is 24.0 Å². The normalized spacial score (nSPS) is 10.4. The molecule has 10 nitrogen and oxygen atoms in total. The number of fused-ring (bicyclic) bond motifs is 1. The summed E-state index contributed by atoms with van der Waals surface area (Å²) in [4.78, 5) is 59.0. The summed E-state index contributed by atoms with van der Waals surface area (Å²) < 4.78 is 26.2. The molecule has 0 radical (unpaired) electrons. The van der Waals surface area contributed by atoms with Crippen LogP contribution in [0.1, 0.15) is 27.7 Å². The van der Waals surface area contributed by atoms with Crippen LogP contribution in [0, 0.1) is 0 Å². The Balaban J connectivity index is 2.30. The predicted molar refractivity (Wildman–Crippen MR) is 113 cm³/mol. The highest BCUT2D eigenvalue weighted by atomic mass is 16.6. The number of carbonyl (C=O) groups is 4. The SMILES string of the molecule is CC(=O)Oc1ccc(-c2cc(=O)c3c(OC(C)=O)cc(OC(C)=O)c(OC(C)=O)c3o2)cc1. The van der Waals surface area contributed by atoms with E-state index in [1.54, 1.807) is 0 Å². The average Bonchev–Trinajstić information content (AvgIpc) is 2.69. The van der Waals surface area contributed by atoms with Crippen LogP contribution in [0.5, 0.6) is 23.0 Å². The van der Waals surface area contributed by atoms with Crippen molar-refractivity contribution in [3.05, 3.63) is 46.6 Å². The Morgan fingerprint density at radius 1 is 0.697 bits per heavy atom. The maximum absolute atomic E-state index is 13.0. The fraction of sp³-hybridized carbons (Fsp3) is 0.174. The van der Waals surface area contributed by atoms with Crippen LogP contribution in [0.4, 0.5) is 0 Å². The van der Waals surface area contributed by atoms with E-state index in [4.69, 9.17) is 23.4 Å². The second kappa shape index (κ2) is 9.35. The summed E-state index contributed by atoms with van der Waals surface area (Å²) in [5.74, 6) is -3.29. The lowest BCUT2D eigenvalue weighted by atomic mass is 10.1. The molecular weight excluding hydrogens is 436 g/mol. The zero-order valence-corrected chi connectivity index (χ0v) is 18.0. The molecule has 0 fully saturated rings. The molecule has 3 aromatic rings. The van der Waals surface area contributed by atoms with Gasteiger partial charge in [0.1, 0.15) is 22.6 Å². The Hall–Kier alpha value is -4.47. The van der Waals surface area contributed by atoms with E-state index in [0.717, 1.165) is 32.9 Å². The predicted octanol–water partition coefficient (Wildman–Crippen LogP) is 3.16. The lowest BCUT2D eigenvalue weighted by molar-refractivity contribution is -0.134. The number of carbonyl (C=O) groups excluding carboxylic acids is 4. The van der Waals surface area contributed by atoms with Gasteiger partial charge in [-0.05, 0) is 24.3 Å². The van der Waals surface area contributed by atoms with Gasteiger partial charge < -0.3 is 23.4 Å². The van der Waals surface area contributed by atoms with E-state index < -0.39 is 29.3 Å². The maximum Gasteiger partial charge on any atom is 0.308 e. The summed E-state index contributed by atoms with van der Waals surface area (Å²) in [6.07, 6.45) is 0. The van der Waals surface area contributed by atoms with Gasteiger partial charge in [0.15, 0.2) is 16.8 Å². The molecule has 0 N–H and O–H groups in total. The smallest absolute Gasteiger partial charge is 0.308 e. The number of hydrogen-bond donors (Lipinski definition) is 0. The highest BCUT2D eigenvalue weighted by Crippen LogP contribution is 2.42. The van der Waals surface area contributed by atoms with Crippen LogP contribution in [0.25, 0.3) is 22.3 Å². The van der Waals surface area contributed by atoms with E-state index in [2.05, 4.69) is 0 Å². The van der Waals surface area contributed by atoms with Crippen molar-refractivity contribution >= 4 is 34.8 Å². The highest BCUT2D eigenvalue weighted by molar-refractivity contribution is 5.95. The molecule has 0 saturated carbocycles. The van der Waals surface area contributed by atoms with E-state index in [9.17, 15) is 24.0 Å². The van der Waals surface area contributed by atoms with Crippen LogP contribution in [-0.4, -0.2) is 23.9 Å². The van der Waals surface area contributed by atoms with E-state index in [-0.39, 0.29) is 39.7 Å². The van der Waals surface area contributed by atoms with Crippen LogP contribution in [0.2, 0.25) is 0 Å². The van der Waals surface area contributed by atoms with E-state index >= 15 is 0 Å². The van der Waals surface area contributed by atoms with Crippen molar-refractivity contribution in [1.29, 1.82) is 0 Å². The number of benzene rings is 2. The van der Waals surface area contributed by atoms with Crippen LogP contribution in [0.3, 0.4) is 0 Å². The van der Waals surface area contributed by atoms with Gasteiger partial charge >= 0.3 is 23.9 Å². The van der Waals surface area contributed by atoms with Crippen molar-refractivity contribution in [2.75, 3.05) is 0 Å².